The van der Waals surface area contributed by atoms with Gasteiger partial charge in [-0.05, 0) is 57.8 Å². The molecule has 0 amide bonds. The summed E-state index contributed by atoms with van der Waals surface area (Å²) >= 11 is 0. The third kappa shape index (κ3) is 48.3. The molecule has 0 spiro atoms. The van der Waals surface area contributed by atoms with Crippen LogP contribution in [0.1, 0.15) is 252 Å². The minimum absolute atomic E-state index is 0.0590. The molecule has 5 nitrogen and oxygen atoms in total. The number of hydrogen-bond acceptors (Lipinski definition) is 5. The molecule has 0 saturated heterocycles. The molecule has 0 aromatic heterocycles. The Balaban J connectivity index is 4.30. The summed E-state index contributed by atoms with van der Waals surface area (Å²) in [5.41, 5.74) is 0. The summed E-state index contributed by atoms with van der Waals surface area (Å²) in [5.74, 6) is -0.456. The average molecular weight is 839 g/mol. The van der Waals surface area contributed by atoms with Gasteiger partial charge in [0.1, 0.15) is 6.61 Å². The van der Waals surface area contributed by atoms with E-state index >= 15 is 0 Å². The smallest absolute Gasteiger partial charge is 0.306 e. The van der Waals surface area contributed by atoms with Gasteiger partial charge in [0.2, 0.25) is 0 Å². The van der Waals surface area contributed by atoms with Crippen molar-refractivity contribution in [1.29, 1.82) is 0 Å². The lowest BCUT2D eigenvalue weighted by Crippen LogP contribution is -2.30. The lowest BCUT2D eigenvalue weighted by atomic mass is 10.0. The molecule has 0 heterocycles. The van der Waals surface area contributed by atoms with Gasteiger partial charge in [-0.25, -0.2) is 0 Å². The van der Waals surface area contributed by atoms with Gasteiger partial charge in [0, 0.05) is 19.4 Å². The van der Waals surface area contributed by atoms with Crippen LogP contribution in [-0.2, 0) is 23.8 Å². The van der Waals surface area contributed by atoms with Crippen LogP contribution in [0.5, 0.6) is 0 Å². The maximum absolute atomic E-state index is 12.8. The second-order valence-corrected chi connectivity index (χ2v) is 17.1. The van der Waals surface area contributed by atoms with Gasteiger partial charge in [-0.15, -0.1) is 0 Å². The van der Waals surface area contributed by atoms with Crippen LogP contribution >= 0.6 is 0 Å². The predicted octanol–water partition coefficient (Wildman–Crippen LogP) is 17.3. The van der Waals surface area contributed by atoms with Crippen LogP contribution < -0.4 is 0 Å². The third-order valence-corrected chi connectivity index (χ3v) is 11.1. The monoisotopic (exact) mass is 839 g/mol. The van der Waals surface area contributed by atoms with Crippen molar-refractivity contribution < 1.29 is 23.8 Å². The largest absolute Gasteiger partial charge is 0.462 e. The second kappa shape index (κ2) is 51.0. The minimum Gasteiger partial charge on any atom is -0.462 e. The van der Waals surface area contributed by atoms with Crippen LogP contribution in [0.25, 0.3) is 0 Å². The van der Waals surface area contributed by atoms with E-state index in [0.717, 1.165) is 70.6 Å². The first-order valence-electron chi connectivity index (χ1n) is 25.8. The quantitative estimate of drug-likeness (QED) is 0.0347. The molecule has 348 valence electrons. The third-order valence-electron chi connectivity index (χ3n) is 11.1. The van der Waals surface area contributed by atoms with Crippen molar-refractivity contribution in [3.63, 3.8) is 0 Å². The molecule has 0 radical (unpaired) electrons. The number of unbranched alkanes of at least 4 members (excludes halogenated alkanes) is 26. The number of ether oxygens (including phenoxy) is 3. The van der Waals surface area contributed by atoms with E-state index in [1.54, 1.807) is 0 Å². The van der Waals surface area contributed by atoms with Crippen LogP contribution in [-0.4, -0.2) is 37.9 Å². The Labute approximate surface area is 373 Å². The summed E-state index contributed by atoms with van der Waals surface area (Å²) in [6.07, 6.45) is 63.8. The zero-order valence-corrected chi connectivity index (χ0v) is 40.0. The molecule has 0 bridgehead atoms. The van der Waals surface area contributed by atoms with Gasteiger partial charge in [0.05, 0.1) is 6.61 Å². The van der Waals surface area contributed by atoms with Crippen LogP contribution in [0.2, 0.25) is 0 Å². The van der Waals surface area contributed by atoms with Crippen molar-refractivity contribution in [3.8, 4) is 0 Å². The molecule has 0 aromatic rings. The van der Waals surface area contributed by atoms with Crippen LogP contribution in [0.3, 0.4) is 0 Å². The Bertz CT molecular complexity index is 1040. The molecule has 1 atom stereocenters. The number of carbonyl (C=O) groups excluding carboxylic acids is 2. The summed E-state index contributed by atoms with van der Waals surface area (Å²) in [6.45, 7) is 7.68. The molecule has 0 aliphatic carbocycles. The van der Waals surface area contributed by atoms with E-state index in [4.69, 9.17) is 14.2 Å². The molecular formula is C55H98O5. The SMILES string of the molecule is CC/C=C\C/C=C\C/C=C\C/C=C\C/C=C\CCCC(=O)OCC(COCCCCCCCCCCCCCCCCCC)OC(=O)CCCCCCCCCCCCC. The van der Waals surface area contributed by atoms with E-state index < -0.39 is 6.10 Å². The highest BCUT2D eigenvalue weighted by atomic mass is 16.6. The molecule has 0 aliphatic rings. The minimum atomic E-state index is -0.554. The topological polar surface area (TPSA) is 61.8 Å². The number of allylic oxidation sites excluding steroid dienone is 10. The van der Waals surface area contributed by atoms with Crippen LogP contribution in [0.15, 0.2) is 60.8 Å². The van der Waals surface area contributed by atoms with Crippen LogP contribution in [0, 0.1) is 0 Å². The number of esters is 2. The molecule has 0 aromatic carbocycles. The first-order valence-corrected chi connectivity index (χ1v) is 25.8. The molecule has 5 heteroatoms. The van der Waals surface area contributed by atoms with E-state index in [2.05, 4.69) is 81.5 Å². The lowest BCUT2D eigenvalue weighted by Gasteiger charge is -2.18. The number of rotatable bonds is 47. The highest BCUT2D eigenvalue weighted by molar-refractivity contribution is 5.70. The Morgan fingerprint density at radius 2 is 0.750 bits per heavy atom. The van der Waals surface area contributed by atoms with Crippen LogP contribution in [0.4, 0.5) is 0 Å². The summed E-state index contributed by atoms with van der Waals surface area (Å²) in [7, 11) is 0. The fourth-order valence-corrected chi connectivity index (χ4v) is 7.25. The molecule has 60 heavy (non-hydrogen) atoms. The second-order valence-electron chi connectivity index (χ2n) is 17.1. The summed E-state index contributed by atoms with van der Waals surface area (Å²) < 4.78 is 17.3. The summed E-state index contributed by atoms with van der Waals surface area (Å²) in [5, 5.41) is 0. The zero-order valence-electron chi connectivity index (χ0n) is 40.0. The van der Waals surface area contributed by atoms with Gasteiger partial charge in [-0.1, -0.05) is 242 Å². The van der Waals surface area contributed by atoms with Gasteiger partial charge < -0.3 is 14.2 Å². The maximum Gasteiger partial charge on any atom is 0.306 e. The molecule has 0 aliphatic heterocycles. The normalized spacial score (nSPS) is 12.7. The first kappa shape index (κ1) is 57.6. The molecule has 1 unspecified atom stereocenters. The van der Waals surface area contributed by atoms with Gasteiger partial charge in [0.15, 0.2) is 6.10 Å². The summed E-state index contributed by atoms with van der Waals surface area (Å²) in [4.78, 5) is 25.3. The van der Waals surface area contributed by atoms with Gasteiger partial charge >= 0.3 is 11.9 Å². The summed E-state index contributed by atoms with van der Waals surface area (Å²) in [6, 6.07) is 0. The lowest BCUT2D eigenvalue weighted by molar-refractivity contribution is -0.163. The maximum atomic E-state index is 12.8. The van der Waals surface area contributed by atoms with E-state index in [0.29, 0.717) is 19.4 Å². The van der Waals surface area contributed by atoms with Gasteiger partial charge in [-0.2, -0.15) is 0 Å². The average Bonchev–Trinajstić information content (AvgIpc) is 3.25. The molecule has 0 N–H and O–H groups in total. The number of hydrogen-bond donors (Lipinski definition) is 0. The molecular weight excluding hydrogens is 741 g/mol. The highest BCUT2D eigenvalue weighted by Crippen LogP contribution is 2.15. The Morgan fingerprint density at radius 1 is 0.383 bits per heavy atom. The fourth-order valence-electron chi connectivity index (χ4n) is 7.25. The van der Waals surface area contributed by atoms with Crippen molar-refractivity contribution in [1.82, 2.24) is 0 Å². The van der Waals surface area contributed by atoms with Crippen molar-refractivity contribution in [2.24, 2.45) is 0 Å². The highest BCUT2D eigenvalue weighted by Gasteiger charge is 2.17. The standard InChI is InChI=1S/C55H98O5/c1-4-7-10-13-16-19-22-24-26-28-29-31-34-36-39-42-45-48-54(56)59-52-53(60-55(57)49-46-43-40-37-33-21-18-15-12-9-6-3)51-58-50-47-44-41-38-35-32-30-27-25-23-20-17-14-11-8-5-2/h7,10,16,19,24,26,29,31,36,39,53H,4-6,8-9,11-15,17-18,20-23,25,27-28,30,32-35,37-38,40-52H2,1-3H3/b10-7-,19-16-,26-24-,31-29-,39-36-. The van der Waals surface area contributed by atoms with E-state index in [9.17, 15) is 9.59 Å². The first-order chi connectivity index (χ1) is 29.6. The number of carbonyl (C=O) groups is 2. The van der Waals surface area contributed by atoms with E-state index in [1.165, 1.54) is 148 Å². The fraction of sp³-hybridized carbons (Fsp3) is 0.782. The van der Waals surface area contributed by atoms with Gasteiger partial charge in [0.25, 0.3) is 0 Å². The van der Waals surface area contributed by atoms with Crippen molar-refractivity contribution in [3.05, 3.63) is 60.8 Å². The van der Waals surface area contributed by atoms with E-state index in [-0.39, 0.29) is 25.2 Å². The Kier molecular flexibility index (Phi) is 48.9. The van der Waals surface area contributed by atoms with Crippen molar-refractivity contribution in [2.45, 2.75) is 258 Å². The van der Waals surface area contributed by atoms with Gasteiger partial charge in [-0.3, -0.25) is 9.59 Å². The zero-order chi connectivity index (χ0) is 43.5. The predicted molar refractivity (Wildman–Crippen MR) is 261 cm³/mol. The van der Waals surface area contributed by atoms with E-state index in [1.807, 2.05) is 0 Å². The van der Waals surface area contributed by atoms with Crippen molar-refractivity contribution in [2.75, 3.05) is 19.8 Å². The molecule has 0 saturated carbocycles. The Morgan fingerprint density at radius 3 is 1.18 bits per heavy atom. The molecule has 0 fully saturated rings. The Hall–Kier alpha value is -2.40. The molecule has 0 rings (SSSR count). The van der Waals surface area contributed by atoms with Crippen molar-refractivity contribution >= 4 is 11.9 Å².